The zero-order valence-electron chi connectivity index (χ0n) is 10.2. The van der Waals surface area contributed by atoms with Gasteiger partial charge >= 0.3 is 0 Å². The molecule has 0 aliphatic heterocycles. The van der Waals surface area contributed by atoms with Gasteiger partial charge in [-0.15, -0.1) is 5.10 Å². The lowest BCUT2D eigenvalue weighted by molar-refractivity contribution is 0.595. The summed E-state index contributed by atoms with van der Waals surface area (Å²) in [6.45, 7) is 0.232. The first kappa shape index (κ1) is 11.3. The van der Waals surface area contributed by atoms with Gasteiger partial charge in [0.05, 0.1) is 12.7 Å². The Bertz CT molecular complexity index is 804. The summed E-state index contributed by atoms with van der Waals surface area (Å²) in [4.78, 5) is 16.2. The van der Waals surface area contributed by atoms with Crippen molar-refractivity contribution in [2.75, 3.05) is 5.73 Å². The quantitative estimate of drug-likeness (QED) is 0.666. The minimum Gasteiger partial charge on any atom is -0.383 e. The van der Waals surface area contributed by atoms with E-state index in [0.29, 0.717) is 16.9 Å². The number of anilines is 1. The molecule has 0 spiro atoms. The van der Waals surface area contributed by atoms with Gasteiger partial charge in [-0.05, 0) is 6.07 Å². The molecule has 8 heteroatoms. The fourth-order valence-electron chi connectivity index (χ4n) is 1.83. The predicted molar refractivity (Wildman–Crippen MR) is 68.3 cm³/mol. The highest BCUT2D eigenvalue weighted by molar-refractivity contribution is 5.72. The molecule has 0 radical (unpaired) electrons. The standard InChI is InChI=1S/C11H11N7O/c1-17-10-8(5-14-17)11(19)18(16-15-10)6-7-3-2-4-13-9(7)12/h2-5H,6H2,1H3,(H2,12,13). The first-order chi connectivity index (χ1) is 9.16. The Labute approximate surface area is 107 Å². The number of hydrogen-bond donors (Lipinski definition) is 1. The fourth-order valence-corrected chi connectivity index (χ4v) is 1.83. The Kier molecular flexibility index (Phi) is 2.48. The van der Waals surface area contributed by atoms with Gasteiger partial charge in [-0.1, -0.05) is 11.3 Å². The van der Waals surface area contributed by atoms with Crippen LogP contribution in [0, 0.1) is 0 Å². The van der Waals surface area contributed by atoms with Crippen LogP contribution in [0.1, 0.15) is 5.56 Å². The molecule has 3 rings (SSSR count). The number of nitrogen functional groups attached to an aromatic ring is 1. The molecule has 0 bridgehead atoms. The Hall–Kier alpha value is -2.77. The van der Waals surface area contributed by atoms with E-state index in [0.717, 1.165) is 5.56 Å². The summed E-state index contributed by atoms with van der Waals surface area (Å²) in [6, 6.07) is 3.55. The normalized spacial score (nSPS) is 11.0. The molecule has 19 heavy (non-hydrogen) atoms. The lowest BCUT2D eigenvalue weighted by atomic mass is 10.2. The first-order valence-electron chi connectivity index (χ1n) is 5.61. The molecule has 8 nitrogen and oxygen atoms in total. The summed E-state index contributed by atoms with van der Waals surface area (Å²) < 4.78 is 2.75. The van der Waals surface area contributed by atoms with Crippen LogP contribution < -0.4 is 11.3 Å². The van der Waals surface area contributed by atoms with E-state index < -0.39 is 0 Å². The maximum absolute atomic E-state index is 12.2. The first-order valence-corrected chi connectivity index (χ1v) is 5.61. The van der Waals surface area contributed by atoms with Gasteiger partial charge in [-0.3, -0.25) is 4.79 Å². The number of pyridine rings is 1. The van der Waals surface area contributed by atoms with Crippen LogP contribution >= 0.6 is 0 Å². The molecular weight excluding hydrogens is 246 g/mol. The van der Waals surface area contributed by atoms with Crippen LogP contribution in [0.25, 0.3) is 11.0 Å². The maximum atomic E-state index is 12.2. The third-order valence-electron chi connectivity index (χ3n) is 2.87. The molecular formula is C11H11N7O. The molecule has 2 N–H and O–H groups in total. The van der Waals surface area contributed by atoms with Gasteiger partial charge in [-0.25, -0.2) is 14.3 Å². The van der Waals surface area contributed by atoms with Crippen LogP contribution in [-0.4, -0.2) is 29.8 Å². The van der Waals surface area contributed by atoms with Gasteiger partial charge in [0.1, 0.15) is 11.2 Å². The van der Waals surface area contributed by atoms with Gasteiger partial charge in [0.2, 0.25) is 0 Å². The van der Waals surface area contributed by atoms with Gasteiger partial charge < -0.3 is 5.73 Å². The smallest absolute Gasteiger partial charge is 0.281 e. The minimum absolute atomic E-state index is 0.232. The number of rotatable bonds is 2. The molecule has 0 amide bonds. The van der Waals surface area contributed by atoms with Crippen molar-refractivity contribution in [3.05, 3.63) is 40.4 Å². The highest BCUT2D eigenvalue weighted by atomic mass is 16.1. The van der Waals surface area contributed by atoms with Crippen LogP contribution in [0.5, 0.6) is 0 Å². The molecule has 3 heterocycles. The van der Waals surface area contributed by atoms with E-state index in [2.05, 4.69) is 20.4 Å². The second-order valence-electron chi connectivity index (χ2n) is 4.11. The lowest BCUT2D eigenvalue weighted by Crippen LogP contribution is -2.25. The number of nitrogens with two attached hydrogens (primary N) is 1. The third-order valence-corrected chi connectivity index (χ3v) is 2.87. The summed E-state index contributed by atoms with van der Waals surface area (Å²) in [5, 5.41) is 12.3. The zero-order chi connectivity index (χ0) is 13.4. The van der Waals surface area contributed by atoms with E-state index in [4.69, 9.17) is 5.73 Å². The van der Waals surface area contributed by atoms with Crippen LogP contribution in [0.3, 0.4) is 0 Å². The van der Waals surface area contributed by atoms with E-state index in [1.807, 2.05) is 0 Å². The third kappa shape index (κ3) is 1.82. The molecule has 0 aliphatic rings. The van der Waals surface area contributed by atoms with Crippen LogP contribution in [0.2, 0.25) is 0 Å². The largest absolute Gasteiger partial charge is 0.383 e. The van der Waals surface area contributed by atoms with Crippen molar-refractivity contribution in [2.24, 2.45) is 7.05 Å². The van der Waals surface area contributed by atoms with Crippen molar-refractivity contribution in [2.45, 2.75) is 6.54 Å². The Morgan fingerprint density at radius 3 is 3.05 bits per heavy atom. The van der Waals surface area contributed by atoms with Crippen molar-refractivity contribution in [1.29, 1.82) is 0 Å². The molecule has 3 aromatic heterocycles. The molecule has 0 atom stereocenters. The van der Waals surface area contributed by atoms with Crippen molar-refractivity contribution < 1.29 is 0 Å². The molecule has 0 aliphatic carbocycles. The van der Waals surface area contributed by atoms with E-state index in [-0.39, 0.29) is 12.1 Å². The molecule has 96 valence electrons. The van der Waals surface area contributed by atoms with Gasteiger partial charge in [-0.2, -0.15) is 5.10 Å². The Morgan fingerprint density at radius 2 is 2.26 bits per heavy atom. The van der Waals surface area contributed by atoms with Crippen LogP contribution in [0.4, 0.5) is 5.82 Å². The lowest BCUT2D eigenvalue weighted by Gasteiger charge is -2.05. The molecule has 0 fully saturated rings. The second-order valence-corrected chi connectivity index (χ2v) is 4.11. The second kappa shape index (κ2) is 4.16. The van der Waals surface area contributed by atoms with Crippen molar-refractivity contribution in [3.8, 4) is 0 Å². The van der Waals surface area contributed by atoms with Gasteiger partial charge in [0.25, 0.3) is 5.56 Å². The maximum Gasteiger partial charge on any atom is 0.281 e. The zero-order valence-corrected chi connectivity index (χ0v) is 10.2. The van der Waals surface area contributed by atoms with E-state index in [1.165, 1.54) is 15.6 Å². The number of nitrogens with zero attached hydrogens (tertiary/aromatic N) is 6. The monoisotopic (exact) mass is 257 g/mol. The highest BCUT2D eigenvalue weighted by Crippen LogP contribution is 2.08. The Morgan fingerprint density at radius 1 is 1.42 bits per heavy atom. The average molecular weight is 257 g/mol. The summed E-state index contributed by atoms with van der Waals surface area (Å²) >= 11 is 0. The molecule has 0 unspecified atom stereocenters. The van der Waals surface area contributed by atoms with E-state index in [1.54, 1.807) is 25.4 Å². The molecule has 3 aromatic rings. The fraction of sp³-hybridized carbons (Fsp3) is 0.182. The highest BCUT2D eigenvalue weighted by Gasteiger charge is 2.10. The summed E-state index contributed by atoms with van der Waals surface area (Å²) in [5.74, 6) is 0.377. The van der Waals surface area contributed by atoms with Crippen LogP contribution in [-0.2, 0) is 13.6 Å². The molecule has 0 aromatic carbocycles. The number of aromatic nitrogens is 6. The Balaban J connectivity index is 2.09. The van der Waals surface area contributed by atoms with Gasteiger partial charge in [0, 0.05) is 18.8 Å². The van der Waals surface area contributed by atoms with Crippen molar-refractivity contribution in [3.63, 3.8) is 0 Å². The SMILES string of the molecule is Cn1ncc2c(=O)n(Cc3cccnc3N)nnc21. The molecule has 0 saturated carbocycles. The summed E-state index contributed by atoms with van der Waals surface area (Å²) in [7, 11) is 1.71. The molecule has 0 saturated heterocycles. The number of fused-ring (bicyclic) bond motifs is 1. The number of aryl methyl sites for hydroxylation is 1. The van der Waals surface area contributed by atoms with Gasteiger partial charge in [0.15, 0.2) is 5.65 Å². The van der Waals surface area contributed by atoms with Crippen molar-refractivity contribution in [1.82, 2.24) is 29.8 Å². The van der Waals surface area contributed by atoms with E-state index in [9.17, 15) is 4.79 Å². The van der Waals surface area contributed by atoms with Crippen molar-refractivity contribution >= 4 is 16.9 Å². The summed E-state index contributed by atoms with van der Waals surface area (Å²) in [6.07, 6.45) is 3.08. The van der Waals surface area contributed by atoms with E-state index >= 15 is 0 Å². The minimum atomic E-state index is -0.249. The average Bonchev–Trinajstić information content (AvgIpc) is 2.78. The summed E-state index contributed by atoms with van der Waals surface area (Å²) in [5.41, 5.74) is 6.68. The topological polar surface area (TPSA) is 105 Å². The predicted octanol–water partition coefficient (Wildman–Crippen LogP) is -0.450. The van der Waals surface area contributed by atoms with Crippen LogP contribution in [0.15, 0.2) is 29.3 Å². The number of hydrogen-bond acceptors (Lipinski definition) is 6.